The fraction of sp³-hybridized carbons (Fsp3) is 0.381. The first-order chi connectivity index (χ1) is 13.5. The van der Waals surface area contributed by atoms with Crippen LogP contribution in [0.1, 0.15) is 29.4 Å². The number of aromatic amines is 1. The molecule has 0 radical (unpaired) electrons. The van der Waals surface area contributed by atoms with E-state index >= 15 is 0 Å². The lowest BCUT2D eigenvalue weighted by molar-refractivity contribution is 0.0632. The second kappa shape index (κ2) is 6.31. The van der Waals surface area contributed by atoms with Crippen LogP contribution in [0.5, 0.6) is 5.75 Å². The largest absolute Gasteiger partial charge is 0.508 e. The molecule has 1 amide bonds. The zero-order valence-corrected chi connectivity index (χ0v) is 16.0. The van der Waals surface area contributed by atoms with Crippen LogP contribution in [0.25, 0.3) is 22.3 Å². The van der Waals surface area contributed by atoms with Crippen LogP contribution in [0.15, 0.2) is 30.3 Å². The molecule has 2 aromatic heterocycles. The first kappa shape index (κ1) is 17.2. The van der Waals surface area contributed by atoms with Crippen LogP contribution in [-0.2, 0) is 0 Å². The summed E-state index contributed by atoms with van der Waals surface area (Å²) in [5, 5.41) is 17.6. The van der Waals surface area contributed by atoms with Gasteiger partial charge in [-0.05, 0) is 50.2 Å². The average molecular weight is 377 g/mol. The summed E-state index contributed by atoms with van der Waals surface area (Å²) in [7, 11) is 0. The van der Waals surface area contributed by atoms with Gasteiger partial charge in [-0.15, -0.1) is 0 Å². The van der Waals surface area contributed by atoms with Gasteiger partial charge in [0.25, 0.3) is 5.91 Å². The van der Waals surface area contributed by atoms with Gasteiger partial charge in [0.15, 0.2) is 5.65 Å². The number of pyridine rings is 1. The third-order valence-electron chi connectivity index (χ3n) is 6.13. The number of benzene rings is 1. The Balaban J connectivity index is 1.57. The van der Waals surface area contributed by atoms with Crippen LogP contribution >= 0.6 is 0 Å². The number of likely N-dealkylation sites (N-methyl/N-ethyl adjacent to an activating group) is 1. The Bertz CT molecular complexity index is 1060. The molecular weight excluding hydrogens is 354 g/mol. The number of likely N-dealkylation sites (tertiary alicyclic amines) is 2. The molecule has 4 heterocycles. The van der Waals surface area contributed by atoms with Crippen LogP contribution < -0.4 is 0 Å². The third-order valence-corrected chi connectivity index (χ3v) is 6.13. The topological polar surface area (TPSA) is 85.4 Å². The zero-order valence-electron chi connectivity index (χ0n) is 16.0. The molecule has 0 saturated carbocycles. The molecule has 1 aromatic carbocycles. The van der Waals surface area contributed by atoms with E-state index in [-0.39, 0.29) is 17.7 Å². The van der Waals surface area contributed by atoms with Crippen LogP contribution in [0, 0.1) is 6.92 Å². The Morgan fingerprint density at radius 2 is 2.04 bits per heavy atom. The maximum absolute atomic E-state index is 13.5. The summed E-state index contributed by atoms with van der Waals surface area (Å²) < 4.78 is 0. The van der Waals surface area contributed by atoms with Crippen molar-refractivity contribution in [2.75, 3.05) is 19.6 Å². The Morgan fingerprint density at radius 3 is 2.71 bits per heavy atom. The molecule has 5 rings (SSSR count). The SMILES string of the molecule is CCN1CC2CC1CN2C(=O)c1cc(-c2ccc(O)cc2)nc2[nH]nc(C)c12. The number of nitrogens with zero attached hydrogens (tertiary/aromatic N) is 4. The van der Waals surface area contributed by atoms with Crippen molar-refractivity contribution in [3.05, 3.63) is 41.6 Å². The quantitative estimate of drug-likeness (QED) is 0.733. The summed E-state index contributed by atoms with van der Waals surface area (Å²) in [5.41, 5.74) is 3.59. The van der Waals surface area contributed by atoms with Crippen molar-refractivity contribution in [2.45, 2.75) is 32.4 Å². The van der Waals surface area contributed by atoms with Crippen LogP contribution in [0.2, 0.25) is 0 Å². The molecule has 2 atom stereocenters. The summed E-state index contributed by atoms with van der Waals surface area (Å²) in [6.07, 6.45) is 1.06. The van der Waals surface area contributed by atoms with Gasteiger partial charge < -0.3 is 10.0 Å². The van der Waals surface area contributed by atoms with Crippen molar-refractivity contribution in [2.24, 2.45) is 0 Å². The number of carbonyl (C=O) groups excluding carboxylic acids is 1. The third kappa shape index (κ3) is 2.57. The highest BCUT2D eigenvalue weighted by atomic mass is 16.3. The number of hydrogen-bond acceptors (Lipinski definition) is 5. The Kier molecular flexibility index (Phi) is 3.87. The van der Waals surface area contributed by atoms with Gasteiger partial charge in [-0.1, -0.05) is 6.92 Å². The van der Waals surface area contributed by atoms with E-state index in [2.05, 4.69) is 27.0 Å². The fourth-order valence-electron chi connectivity index (χ4n) is 4.67. The van der Waals surface area contributed by atoms with Gasteiger partial charge >= 0.3 is 0 Å². The molecule has 0 spiro atoms. The lowest BCUT2D eigenvalue weighted by Crippen LogP contribution is -2.48. The number of phenolic OH excluding ortho intramolecular Hbond substituents is 1. The monoisotopic (exact) mass is 377 g/mol. The van der Waals surface area contributed by atoms with E-state index in [4.69, 9.17) is 0 Å². The highest BCUT2D eigenvalue weighted by Crippen LogP contribution is 2.34. The molecule has 144 valence electrons. The molecule has 3 aromatic rings. The lowest BCUT2D eigenvalue weighted by atomic mass is 10.0. The molecule has 2 bridgehead atoms. The second-order valence-electron chi connectivity index (χ2n) is 7.72. The molecule has 2 aliphatic rings. The number of rotatable bonds is 3. The molecule has 28 heavy (non-hydrogen) atoms. The number of aromatic nitrogens is 3. The molecule has 2 N–H and O–H groups in total. The maximum atomic E-state index is 13.5. The van der Waals surface area contributed by atoms with Gasteiger partial charge in [-0.25, -0.2) is 4.98 Å². The number of nitrogens with one attached hydrogen (secondary N) is 1. The lowest BCUT2D eigenvalue weighted by Gasteiger charge is -2.33. The van der Waals surface area contributed by atoms with E-state index in [1.165, 1.54) is 0 Å². The fourth-order valence-corrected chi connectivity index (χ4v) is 4.67. The van der Waals surface area contributed by atoms with Gasteiger partial charge in [0.2, 0.25) is 0 Å². The van der Waals surface area contributed by atoms with Crippen molar-refractivity contribution in [1.29, 1.82) is 0 Å². The number of piperazine rings is 1. The predicted octanol–water partition coefficient (Wildman–Crippen LogP) is 2.56. The molecule has 0 aliphatic carbocycles. The second-order valence-corrected chi connectivity index (χ2v) is 7.72. The first-order valence-corrected chi connectivity index (χ1v) is 9.75. The maximum Gasteiger partial charge on any atom is 0.255 e. The van der Waals surface area contributed by atoms with E-state index in [0.717, 1.165) is 42.7 Å². The highest BCUT2D eigenvalue weighted by molar-refractivity contribution is 6.07. The molecular formula is C21H23N5O2. The summed E-state index contributed by atoms with van der Waals surface area (Å²) in [6, 6.07) is 9.47. The van der Waals surface area contributed by atoms with Gasteiger partial charge in [-0.2, -0.15) is 5.10 Å². The van der Waals surface area contributed by atoms with Crippen LogP contribution in [0.4, 0.5) is 0 Å². The minimum atomic E-state index is 0.0557. The highest BCUT2D eigenvalue weighted by Gasteiger charge is 2.45. The van der Waals surface area contributed by atoms with E-state index in [1.54, 1.807) is 24.3 Å². The van der Waals surface area contributed by atoms with Gasteiger partial charge in [0.1, 0.15) is 5.75 Å². The number of aryl methyl sites for hydroxylation is 1. The number of fused-ring (bicyclic) bond motifs is 3. The molecule has 7 heteroatoms. The van der Waals surface area contributed by atoms with Crippen molar-refractivity contribution in [3.8, 4) is 17.0 Å². The summed E-state index contributed by atoms with van der Waals surface area (Å²) in [4.78, 5) is 22.7. The van der Waals surface area contributed by atoms with Crippen LogP contribution in [-0.4, -0.2) is 67.7 Å². The van der Waals surface area contributed by atoms with Gasteiger partial charge in [0, 0.05) is 30.7 Å². The van der Waals surface area contributed by atoms with E-state index < -0.39 is 0 Å². The number of carbonyl (C=O) groups is 1. The number of amides is 1. The van der Waals surface area contributed by atoms with Crippen molar-refractivity contribution in [3.63, 3.8) is 0 Å². The summed E-state index contributed by atoms with van der Waals surface area (Å²) >= 11 is 0. The van der Waals surface area contributed by atoms with E-state index in [1.807, 2.05) is 17.9 Å². The number of H-pyrrole nitrogens is 1. The van der Waals surface area contributed by atoms with Gasteiger partial charge in [0.05, 0.1) is 22.3 Å². The molecule has 2 saturated heterocycles. The average Bonchev–Trinajstić information content (AvgIpc) is 3.41. The molecule has 2 aliphatic heterocycles. The van der Waals surface area contributed by atoms with Gasteiger partial charge in [-0.3, -0.25) is 14.8 Å². The molecule has 2 fully saturated rings. The molecule has 7 nitrogen and oxygen atoms in total. The smallest absolute Gasteiger partial charge is 0.255 e. The zero-order chi connectivity index (χ0) is 19.4. The Morgan fingerprint density at radius 1 is 1.25 bits per heavy atom. The van der Waals surface area contributed by atoms with Crippen molar-refractivity contribution < 1.29 is 9.90 Å². The van der Waals surface area contributed by atoms with E-state index in [9.17, 15) is 9.90 Å². The standard InChI is InChI=1S/C21H23N5O2/c1-3-25-10-15-8-14(25)11-26(15)21(28)17-9-18(13-4-6-16(27)7-5-13)22-20-19(17)12(2)23-24-20/h4-7,9,14-15,27H,3,8,10-11H2,1-2H3,(H,22,23,24). The van der Waals surface area contributed by atoms with Crippen molar-refractivity contribution in [1.82, 2.24) is 25.0 Å². The van der Waals surface area contributed by atoms with Crippen LogP contribution in [0.3, 0.4) is 0 Å². The van der Waals surface area contributed by atoms with Crippen molar-refractivity contribution >= 4 is 16.9 Å². The number of hydrogen-bond donors (Lipinski definition) is 2. The minimum absolute atomic E-state index is 0.0557. The number of aromatic hydroxyl groups is 1. The first-order valence-electron chi connectivity index (χ1n) is 9.75. The minimum Gasteiger partial charge on any atom is -0.508 e. The predicted molar refractivity (Wildman–Crippen MR) is 106 cm³/mol. The van der Waals surface area contributed by atoms with E-state index in [0.29, 0.717) is 22.9 Å². The normalized spacial score (nSPS) is 21.7. The molecule has 2 unspecified atom stereocenters. The Labute approximate surface area is 163 Å². The summed E-state index contributed by atoms with van der Waals surface area (Å²) in [5.74, 6) is 0.257. The Hall–Kier alpha value is -2.93. The summed E-state index contributed by atoms with van der Waals surface area (Å²) in [6.45, 7) is 6.85. The number of phenols is 1.